The van der Waals surface area contributed by atoms with Crippen LogP contribution >= 0.6 is 0 Å². The minimum absolute atomic E-state index is 0.115. The van der Waals surface area contributed by atoms with Gasteiger partial charge in [-0.2, -0.15) is 0 Å². The lowest BCUT2D eigenvalue weighted by atomic mass is 9.91. The molecule has 0 unspecified atom stereocenters. The third kappa shape index (κ3) is 5.63. The van der Waals surface area contributed by atoms with Crippen LogP contribution in [0.25, 0.3) is 32.7 Å². The van der Waals surface area contributed by atoms with Gasteiger partial charge in [-0.3, -0.25) is 0 Å². The van der Waals surface area contributed by atoms with Crippen molar-refractivity contribution in [2.45, 2.75) is 0 Å². The lowest BCUT2D eigenvalue weighted by molar-refractivity contribution is 0.202. The lowest BCUT2D eigenvalue weighted by Gasteiger charge is -2.17. The summed E-state index contributed by atoms with van der Waals surface area (Å²) in [5.41, 5.74) is 5.12. The molecule has 0 atom stereocenters. The Morgan fingerprint density at radius 3 is 1.59 bits per heavy atom. The van der Waals surface area contributed by atoms with Gasteiger partial charge in [0.2, 0.25) is 0 Å². The number of hydrogen-bond donors (Lipinski definition) is 2. The summed E-state index contributed by atoms with van der Waals surface area (Å²) in [6.07, 6.45) is 0. The maximum absolute atomic E-state index is 11.2. The molecule has 41 heavy (non-hydrogen) atoms. The molecular formula is C38H26O3. The van der Waals surface area contributed by atoms with E-state index in [4.69, 9.17) is 4.74 Å². The number of phenols is 1. The first-order valence-corrected chi connectivity index (χ1v) is 13.4. The second kappa shape index (κ2) is 11.7. The van der Waals surface area contributed by atoms with Crippen molar-refractivity contribution in [3.05, 3.63) is 144 Å². The Labute approximate surface area is 239 Å². The van der Waals surface area contributed by atoms with Crippen molar-refractivity contribution >= 4 is 21.5 Å². The maximum Gasteiger partial charge on any atom is 0.128 e. The Bertz CT molecular complexity index is 1990. The molecule has 0 aromatic heterocycles. The van der Waals surface area contributed by atoms with Gasteiger partial charge in [0.25, 0.3) is 0 Å². The van der Waals surface area contributed by atoms with Crippen LogP contribution in [0.4, 0.5) is 0 Å². The molecule has 0 radical (unpaired) electrons. The Kier molecular flexibility index (Phi) is 7.37. The van der Waals surface area contributed by atoms with E-state index in [1.165, 1.54) is 0 Å². The number of phenolic OH excluding ortho intramolecular Hbond substituents is 1. The van der Waals surface area contributed by atoms with Gasteiger partial charge >= 0.3 is 0 Å². The zero-order valence-electron chi connectivity index (χ0n) is 22.3. The first-order chi connectivity index (χ1) is 20.2. The predicted molar refractivity (Wildman–Crippen MR) is 166 cm³/mol. The van der Waals surface area contributed by atoms with Crippen molar-refractivity contribution in [1.29, 1.82) is 0 Å². The normalized spacial score (nSPS) is 10.5. The summed E-state index contributed by atoms with van der Waals surface area (Å²) in [7, 11) is 0. The molecule has 0 saturated heterocycles. The first kappa shape index (κ1) is 25.8. The van der Waals surface area contributed by atoms with E-state index in [1.54, 1.807) is 6.07 Å². The zero-order valence-corrected chi connectivity index (χ0v) is 22.3. The quantitative estimate of drug-likeness (QED) is 0.232. The van der Waals surface area contributed by atoms with Crippen LogP contribution in [0.15, 0.2) is 121 Å². The average Bonchev–Trinajstić information content (AvgIpc) is 3.02. The highest BCUT2D eigenvalue weighted by Crippen LogP contribution is 2.45. The number of ether oxygens (including phenoxy) is 1. The summed E-state index contributed by atoms with van der Waals surface area (Å²) in [6.45, 7) is 0.0281. The molecule has 3 nitrogen and oxygen atoms in total. The van der Waals surface area contributed by atoms with Gasteiger partial charge in [-0.15, -0.1) is 0 Å². The van der Waals surface area contributed by atoms with Crippen molar-refractivity contribution in [3.8, 4) is 46.3 Å². The molecule has 6 rings (SSSR count). The number of aliphatic hydroxyl groups is 1. The Hall–Kier alpha value is -5.48. The largest absolute Gasteiger partial charge is 0.507 e. The SMILES string of the molecule is OCCOc1ccc2cc(C#Cc3ccccc3)ccc2c1-c1c(O)ccc2cc(C#Cc3ccccc3)ccc12. The highest BCUT2D eigenvalue weighted by Gasteiger charge is 2.18. The van der Waals surface area contributed by atoms with Crippen LogP contribution in [0.3, 0.4) is 0 Å². The van der Waals surface area contributed by atoms with Gasteiger partial charge in [0.1, 0.15) is 18.1 Å². The second-order valence-corrected chi connectivity index (χ2v) is 9.57. The van der Waals surface area contributed by atoms with Gasteiger partial charge in [-0.05, 0) is 82.2 Å². The molecule has 0 bridgehead atoms. The van der Waals surface area contributed by atoms with Crippen molar-refractivity contribution < 1.29 is 14.9 Å². The van der Waals surface area contributed by atoms with Crippen LogP contribution in [0.5, 0.6) is 11.5 Å². The van der Waals surface area contributed by atoms with E-state index in [0.29, 0.717) is 11.3 Å². The number of rotatable bonds is 4. The average molecular weight is 531 g/mol. The van der Waals surface area contributed by atoms with Gasteiger partial charge < -0.3 is 14.9 Å². The van der Waals surface area contributed by atoms with E-state index in [0.717, 1.165) is 49.4 Å². The first-order valence-electron chi connectivity index (χ1n) is 13.4. The second-order valence-electron chi connectivity index (χ2n) is 9.57. The molecule has 6 aromatic carbocycles. The van der Waals surface area contributed by atoms with E-state index >= 15 is 0 Å². The summed E-state index contributed by atoms with van der Waals surface area (Å²) < 4.78 is 5.99. The van der Waals surface area contributed by atoms with Gasteiger partial charge in [0.15, 0.2) is 0 Å². The molecule has 196 valence electrons. The smallest absolute Gasteiger partial charge is 0.128 e. The van der Waals surface area contributed by atoms with Crippen LogP contribution in [0.1, 0.15) is 22.3 Å². The number of benzene rings is 6. The molecule has 6 aromatic rings. The molecule has 0 saturated carbocycles. The molecule has 0 heterocycles. The van der Waals surface area contributed by atoms with E-state index in [9.17, 15) is 10.2 Å². The fourth-order valence-electron chi connectivity index (χ4n) is 4.91. The fraction of sp³-hybridized carbons (Fsp3) is 0.0526. The molecule has 0 amide bonds. The summed E-state index contributed by atoms with van der Waals surface area (Å²) in [5.74, 6) is 13.7. The van der Waals surface area contributed by atoms with Crippen LogP contribution < -0.4 is 4.74 Å². The minimum atomic E-state index is -0.115. The van der Waals surface area contributed by atoms with Crippen LogP contribution in [-0.4, -0.2) is 23.4 Å². The molecule has 0 spiro atoms. The third-order valence-corrected chi connectivity index (χ3v) is 6.83. The molecule has 0 fully saturated rings. The Balaban J connectivity index is 1.48. The van der Waals surface area contributed by atoms with E-state index < -0.39 is 0 Å². The number of aromatic hydroxyl groups is 1. The van der Waals surface area contributed by atoms with Crippen molar-refractivity contribution in [2.75, 3.05) is 13.2 Å². The standard InChI is InChI=1S/C38H26O3/c39-23-24-41-36-22-18-32-26-30(14-12-28-9-5-2-6-10-28)16-20-34(32)38(36)37-33-19-15-29(25-31(33)17-21-35(37)40)13-11-27-7-3-1-4-8-27/h1-10,15-22,25-26,39-40H,23-24H2. The Morgan fingerprint density at radius 2 is 1.02 bits per heavy atom. The summed E-state index contributed by atoms with van der Waals surface area (Å²) in [4.78, 5) is 0. The van der Waals surface area contributed by atoms with E-state index in [1.807, 2.05) is 115 Å². The molecule has 0 aliphatic carbocycles. The number of fused-ring (bicyclic) bond motifs is 2. The van der Waals surface area contributed by atoms with Gasteiger partial charge in [-0.1, -0.05) is 84.3 Å². The van der Waals surface area contributed by atoms with Crippen LogP contribution in [0.2, 0.25) is 0 Å². The minimum Gasteiger partial charge on any atom is -0.507 e. The van der Waals surface area contributed by atoms with Crippen LogP contribution in [0, 0.1) is 23.7 Å². The molecular weight excluding hydrogens is 504 g/mol. The predicted octanol–water partition coefficient (Wildman–Crippen LogP) is 7.54. The summed E-state index contributed by atoms with van der Waals surface area (Å²) >= 11 is 0. The zero-order chi connectivity index (χ0) is 28.0. The van der Waals surface area contributed by atoms with Crippen molar-refractivity contribution in [1.82, 2.24) is 0 Å². The van der Waals surface area contributed by atoms with Gasteiger partial charge in [-0.25, -0.2) is 0 Å². The van der Waals surface area contributed by atoms with Gasteiger partial charge in [0.05, 0.1) is 6.61 Å². The number of hydrogen-bond acceptors (Lipinski definition) is 3. The van der Waals surface area contributed by atoms with E-state index in [2.05, 4.69) is 23.7 Å². The topological polar surface area (TPSA) is 49.7 Å². The molecule has 3 heteroatoms. The number of aliphatic hydroxyl groups excluding tert-OH is 1. The Morgan fingerprint density at radius 1 is 0.512 bits per heavy atom. The van der Waals surface area contributed by atoms with Crippen LogP contribution in [-0.2, 0) is 0 Å². The third-order valence-electron chi connectivity index (χ3n) is 6.83. The summed E-state index contributed by atoms with van der Waals surface area (Å²) in [6, 6.07) is 39.3. The van der Waals surface area contributed by atoms with Gasteiger partial charge in [0, 0.05) is 33.4 Å². The molecule has 0 aliphatic rings. The van der Waals surface area contributed by atoms with Crippen molar-refractivity contribution in [2.24, 2.45) is 0 Å². The van der Waals surface area contributed by atoms with Crippen molar-refractivity contribution in [3.63, 3.8) is 0 Å². The monoisotopic (exact) mass is 530 g/mol. The highest BCUT2D eigenvalue weighted by atomic mass is 16.5. The maximum atomic E-state index is 11.2. The van der Waals surface area contributed by atoms with E-state index in [-0.39, 0.29) is 19.0 Å². The molecule has 0 aliphatic heterocycles. The molecule has 2 N–H and O–H groups in total. The lowest BCUT2D eigenvalue weighted by Crippen LogP contribution is -2.03. The summed E-state index contributed by atoms with van der Waals surface area (Å²) in [5, 5.41) is 24.4. The fourth-order valence-corrected chi connectivity index (χ4v) is 4.91. The highest BCUT2D eigenvalue weighted by molar-refractivity contribution is 6.10.